The quantitative estimate of drug-likeness (QED) is 0.338. The molecule has 0 aliphatic carbocycles. The lowest BCUT2D eigenvalue weighted by molar-refractivity contribution is 0.147. The summed E-state index contributed by atoms with van der Waals surface area (Å²) >= 11 is 0. The van der Waals surface area contributed by atoms with Crippen LogP contribution in [0.4, 0.5) is 15.5 Å². The normalized spacial score (nSPS) is 9.27. The van der Waals surface area contributed by atoms with Gasteiger partial charge in [0, 0.05) is 12.0 Å². The van der Waals surface area contributed by atoms with Gasteiger partial charge >= 0.3 is 12.1 Å². The minimum Gasteiger partial charge on any atom is -0.449 e. The van der Waals surface area contributed by atoms with Gasteiger partial charge in [-0.2, -0.15) is 9.98 Å². The van der Waals surface area contributed by atoms with Crippen LogP contribution in [0.1, 0.15) is 11.3 Å². The number of nitrogens with one attached hydrogen (secondary N) is 4. The molecule has 138 valence electrons. The van der Waals surface area contributed by atoms with Gasteiger partial charge in [-0.25, -0.2) is 24.2 Å². The summed E-state index contributed by atoms with van der Waals surface area (Å²) in [5.41, 5.74) is 0.0676. The number of aryl methyl sites for hydroxylation is 1. The number of hydrogen-bond donors (Lipinski definition) is 4. The SMILES string of the molecule is Cc1nc(NC(=O)NCN=C=O)[nH]c(=O)c1CCOC(=O)NCN=C=O. The highest BCUT2D eigenvalue weighted by Crippen LogP contribution is 2.03. The number of amides is 3. The molecule has 13 heteroatoms. The Hall–Kier alpha value is -3.82. The lowest BCUT2D eigenvalue weighted by Crippen LogP contribution is -2.31. The van der Waals surface area contributed by atoms with E-state index >= 15 is 0 Å². The zero-order valence-electron chi connectivity index (χ0n) is 13.6. The van der Waals surface area contributed by atoms with Crippen LogP contribution in [-0.4, -0.2) is 54.2 Å². The Balaban J connectivity index is 2.59. The lowest BCUT2D eigenvalue weighted by atomic mass is 10.2. The smallest absolute Gasteiger partial charge is 0.408 e. The summed E-state index contributed by atoms with van der Waals surface area (Å²) in [4.78, 5) is 67.1. The first-order chi connectivity index (χ1) is 12.5. The fraction of sp³-hybridized carbons (Fsp3) is 0.385. The van der Waals surface area contributed by atoms with Crippen molar-refractivity contribution in [3.05, 3.63) is 21.6 Å². The molecule has 0 radical (unpaired) electrons. The first-order valence-electron chi connectivity index (χ1n) is 7.10. The van der Waals surface area contributed by atoms with Crippen LogP contribution in [-0.2, 0) is 20.7 Å². The molecule has 0 saturated carbocycles. The van der Waals surface area contributed by atoms with Crippen LogP contribution in [0.15, 0.2) is 14.8 Å². The molecule has 1 aromatic heterocycles. The van der Waals surface area contributed by atoms with Gasteiger partial charge in [0.05, 0.1) is 12.3 Å². The molecule has 1 aromatic rings. The third kappa shape index (κ3) is 7.17. The van der Waals surface area contributed by atoms with Crippen LogP contribution in [0.3, 0.4) is 0 Å². The van der Waals surface area contributed by atoms with Crippen molar-refractivity contribution in [1.29, 1.82) is 0 Å². The molecule has 0 unspecified atom stereocenters. The summed E-state index contributed by atoms with van der Waals surface area (Å²) in [6, 6.07) is -0.725. The second kappa shape index (κ2) is 10.9. The second-order valence-corrected chi connectivity index (χ2v) is 4.49. The average molecular weight is 365 g/mol. The number of urea groups is 1. The van der Waals surface area contributed by atoms with Crippen molar-refractivity contribution in [1.82, 2.24) is 20.6 Å². The number of alkyl carbamates (subject to hydrolysis) is 1. The van der Waals surface area contributed by atoms with Crippen molar-refractivity contribution < 1.29 is 23.9 Å². The van der Waals surface area contributed by atoms with Crippen molar-refractivity contribution >= 4 is 30.2 Å². The van der Waals surface area contributed by atoms with Crippen molar-refractivity contribution in [2.24, 2.45) is 9.98 Å². The van der Waals surface area contributed by atoms with Crippen LogP contribution in [0.25, 0.3) is 0 Å². The minimum atomic E-state index is -0.806. The molecule has 0 aliphatic heterocycles. The van der Waals surface area contributed by atoms with E-state index in [9.17, 15) is 24.0 Å². The molecule has 0 aromatic carbocycles. The maximum absolute atomic E-state index is 12.0. The third-order valence-electron chi connectivity index (χ3n) is 2.79. The maximum atomic E-state index is 12.0. The number of hydrogen-bond acceptors (Lipinski definition) is 9. The average Bonchev–Trinajstić information content (AvgIpc) is 2.58. The summed E-state index contributed by atoms with van der Waals surface area (Å²) < 4.78 is 4.81. The molecule has 1 rings (SSSR count). The number of anilines is 1. The molecule has 0 spiro atoms. The van der Waals surface area contributed by atoms with Crippen LogP contribution in [0.5, 0.6) is 0 Å². The number of ether oxygens (including phenoxy) is 1. The predicted octanol–water partition coefficient (Wildman–Crippen LogP) is -0.945. The number of carbonyl (C=O) groups excluding carboxylic acids is 4. The van der Waals surface area contributed by atoms with Gasteiger partial charge in [-0.05, 0) is 6.92 Å². The fourth-order valence-corrected chi connectivity index (χ4v) is 1.69. The van der Waals surface area contributed by atoms with Crippen molar-refractivity contribution in [3.8, 4) is 0 Å². The zero-order valence-corrected chi connectivity index (χ0v) is 13.6. The molecule has 0 fully saturated rings. The number of aromatic amines is 1. The van der Waals surface area contributed by atoms with Gasteiger partial charge in [-0.1, -0.05) is 0 Å². The van der Waals surface area contributed by atoms with Gasteiger partial charge in [0.1, 0.15) is 13.3 Å². The summed E-state index contributed by atoms with van der Waals surface area (Å²) in [5.74, 6) is -0.103. The molecule has 13 nitrogen and oxygen atoms in total. The molecule has 1 heterocycles. The van der Waals surface area contributed by atoms with Gasteiger partial charge in [0.15, 0.2) is 0 Å². The highest BCUT2D eigenvalue weighted by Gasteiger charge is 2.11. The van der Waals surface area contributed by atoms with E-state index in [-0.39, 0.29) is 37.9 Å². The van der Waals surface area contributed by atoms with E-state index in [4.69, 9.17) is 4.74 Å². The summed E-state index contributed by atoms with van der Waals surface area (Å²) in [5, 5.41) is 6.66. The fourth-order valence-electron chi connectivity index (χ4n) is 1.69. The standard InChI is InChI=1S/C13H15N7O6/c1-8-9(2-3-26-13(25)17-5-15-7-22)10(23)19-11(18-8)20-12(24)16-4-14-6-21/h2-5H2,1H3,(H,17,25)(H3,16,18,19,20,23,24). The molecule has 26 heavy (non-hydrogen) atoms. The Bertz CT molecular complexity index is 808. The topological polar surface area (TPSA) is 184 Å². The zero-order chi connectivity index (χ0) is 19.4. The Morgan fingerprint density at radius 1 is 1.19 bits per heavy atom. The molecular weight excluding hydrogens is 350 g/mol. The number of H-pyrrole nitrogens is 1. The summed E-state index contributed by atoms with van der Waals surface area (Å²) in [6.45, 7) is 0.903. The van der Waals surface area contributed by atoms with Crippen molar-refractivity contribution in [2.75, 3.05) is 25.3 Å². The molecule has 0 saturated heterocycles. The third-order valence-corrected chi connectivity index (χ3v) is 2.79. The van der Waals surface area contributed by atoms with Crippen LogP contribution >= 0.6 is 0 Å². The monoisotopic (exact) mass is 365 g/mol. The summed E-state index contributed by atoms with van der Waals surface area (Å²) in [7, 11) is 0. The van der Waals surface area contributed by atoms with Gasteiger partial charge < -0.3 is 15.4 Å². The minimum absolute atomic E-state index is 0.0824. The highest BCUT2D eigenvalue weighted by atomic mass is 16.5. The number of isocyanates is 2. The number of carbonyl (C=O) groups is 2. The first kappa shape index (κ1) is 20.2. The Kier molecular flexibility index (Phi) is 8.45. The van der Waals surface area contributed by atoms with Crippen LogP contribution in [0.2, 0.25) is 0 Å². The Morgan fingerprint density at radius 3 is 2.46 bits per heavy atom. The van der Waals surface area contributed by atoms with Gasteiger partial charge in [0.25, 0.3) is 5.56 Å². The van der Waals surface area contributed by atoms with Crippen molar-refractivity contribution in [2.45, 2.75) is 13.3 Å². The van der Waals surface area contributed by atoms with Gasteiger partial charge in [-0.3, -0.25) is 15.1 Å². The van der Waals surface area contributed by atoms with Crippen LogP contribution in [0, 0.1) is 6.92 Å². The van der Waals surface area contributed by atoms with Gasteiger partial charge in [0.2, 0.25) is 18.1 Å². The number of rotatable bonds is 8. The number of aliphatic imine (C=N–C) groups is 2. The van der Waals surface area contributed by atoms with Gasteiger partial charge in [-0.15, -0.1) is 0 Å². The van der Waals surface area contributed by atoms with E-state index in [1.165, 1.54) is 12.2 Å². The second-order valence-electron chi connectivity index (χ2n) is 4.49. The molecule has 0 bridgehead atoms. The van der Waals surface area contributed by atoms with Crippen LogP contribution < -0.4 is 21.5 Å². The molecule has 0 atom stereocenters. The van der Waals surface area contributed by atoms with E-state index in [2.05, 4.69) is 35.9 Å². The highest BCUT2D eigenvalue weighted by molar-refractivity contribution is 5.87. The molecule has 3 amide bonds. The maximum Gasteiger partial charge on any atom is 0.408 e. The van der Waals surface area contributed by atoms with Crippen molar-refractivity contribution in [3.63, 3.8) is 0 Å². The van der Waals surface area contributed by atoms with E-state index in [1.54, 1.807) is 6.92 Å². The largest absolute Gasteiger partial charge is 0.449 e. The number of nitrogens with zero attached hydrogens (tertiary/aromatic N) is 3. The van der Waals surface area contributed by atoms with E-state index in [0.717, 1.165) is 0 Å². The Morgan fingerprint density at radius 2 is 1.85 bits per heavy atom. The van der Waals surface area contributed by atoms with E-state index in [1.807, 2.05) is 0 Å². The Labute approximate surface area is 146 Å². The molecule has 4 N–H and O–H groups in total. The molecular formula is C13H15N7O6. The van der Waals surface area contributed by atoms with E-state index < -0.39 is 17.7 Å². The molecule has 0 aliphatic rings. The first-order valence-corrected chi connectivity index (χ1v) is 7.10. The van der Waals surface area contributed by atoms with E-state index in [0.29, 0.717) is 5.69 Å². The lowest BCUT2D eigenvalue weighted by Gasteiger charge is -2.09. The number of aromatic nitrogens is 2. The summed E-state index contributed by atoms with van der Waals surface area (Å²) in [6.07, 6.45) is 1.77. The predicted molar refractivity (Wildman–Crippen MR) is 85.9 cm³/mol.